The standard InChI is InChI=1S/C20H18N4O6/c1-22-19(26)14-4-3-13(11-15(14)20(22)27)21-18(25)12-2-5-16(17(10-12)24(28)29)23-6-8-30-9-7-23/h2-5,10-11H,6-9H2,1H3,(H,21,25). The van der Waals surface area contributed by atoms with Gasteiger partial charge in [0, 0.05) is 37.5 Å². The van der Waals surface area contributed by atoms with Crippen LogP contribution in [0.4, 0.5) is 17.1 Å². The second-order valence-corrected chi connectivity index (χ2v) is 6.94. The number of anilines is 2. The first kappa shape index (κ1) is 19.5. The van der Waals surface area contributed by atoms with Gasteiger partial charge in [-0.3, -0.25) is 29.4 Å². The minimum absolute atomic E-state index is 0.110. The topological polar surface area (TPSA) is 122 Å². The fourth-order valence-electron chi connectivity index (χ4n) is 3.52. The minimum atomic E-state index is -0.559. The number of hydrogen-bond donors (Lipinski definition) is 1. The molecule has 0 aromatic heterocycles. The summed E-state index contributed by atoms with van der Waals surface area (Å²) in [5.41, 5.74) is 1.17. The number of carbonyl (C=O) groups is 3. The maximum absolute atomic E-state index is 12.7. The van der Waals surface area contributed by atoms with Crippen molar-refractivity contribution in [1.29, 1.82) is 0 Å². The highest BCUT2D eigenvalue weighted by Crippen LogP contribution is 2.30. The number of hydrogen-bond acceptors (Lipinski definition) is 7. The fourth-order valence-corrected chi connectivity index (χ4v) is 3.52. The van der Waals surface area contributed by atoms with Crippen molar-refractivity contribution in [1.82, 2.24) is 4.90 Å². The zero-order valence-electron chi connectivity index (χ0n) is 16.1. The van der Waals surface area contributed by atoms with Crippen LogP contribution in [0.25, 0.3) is 0 Å². The summed E-state index contributed by atoms with van der Waals surface area (Å²) in [5, 5.41) is 14.2. The summed E-state index contributed by atoms with van der Waals surface area (Å²) in [6.07, 6.45) is 0. The Hall–Kier alpha value is -3.79. The first-order valence-electron chi connectivity index (χ1n) is 9.26. The van der Waals surface area contributed by atoms with E-state index in [0.717, 1.165) is 4.90 Å². The molecule has 2 heterocycles. The van der Waals surface area contributed by atoms with Gasteiger partial charge in [0.15, 0.2) is 0 Å². The number of nitrogens with zero attached hydrogens (tertiary/aromatic N) is 3. The van der Waals surface area contributed by atoms with Crippen molar-refractivity contribution >= 4 is 34.8 Å². The molecule has 0 bridgehead atoms. The molecule has 10 heteroatoms. The molecule has 1 N–H and O–H groups in total. The van der Waals surface area contributed by atoms with E-state index in [2.05, 4.69) is 5.32 Å². The molecular formula is C20H18N4O6. The molecule has 2 aliphatic heterocycles. The zero-order chi connectivity index (χ0) is 21.4. The predicted octanol–water partition coefficient (Wildman–Crippen LogP) is 1.91. The van der Waals surface area contributed by atoms with Crippen LogP contribution >= 0.6 is 0 Å². The second-order valence-electron chi connectivity index (χ2n) is 6.94. The lowest BCUT2D eigenvalue weighted by molar-refractivity contribution is -0.384. The molecule has 154 valence electrons. The maximum Gasteiger partial charge on any atom is 0.293 e. The van der Waals surface area contributed by atoms with Crippen LogP contribution < -0.4 is 10.2 Å². The molecule has 3 amide bonds. The highest BCUT2D eigenvalue weighted by molar-refractivity contribution is 6.21. The molecule has 0 aliphatic carbocycles. The fraction of sp³-hybridized carbons (Fsp3) is 0.250. The lowest BCUT2D eigenvalue weighted by atomic mass is 10.1. The van der Waals surface area contributed by atoms with Gasteiger partial charge in [0.1, 0.15) is 5.69 Å². The minimum Gasteiger partial charge on any atom is -0.378 e. The van der Waals surface area contributed by atoms with Crippen LogP contribution in [-0.2, 0) is 4.74 Å². The van der Waals surface area contributed by atoms with Crippen LogP contribution in [0.5, 0.6) is 0 Å². The number of carbonyl (C=O) groups excluding carboxylic acids is 3. The van der Waals surface area contributed by atoms with Crippen molar-refractivity contribution in [3.63, 3.8) is 0 Å². The molecule has 1 fully saturated rings. The molecule has 0 unspecified atom stereocenters. The normalized spacial score (nSPS) is 15.9. The lowest BCUT2D eigenvalue weighted by Gasteiger charge is -2.28. The number of fused-ring (bicyclic) bond motifs is 1. The molecule has 2 aromatic carbocycles. The van der Waals surface area contributed by atoms with Gasteiger partial charge in [0.2, 0.25) is 0 Å². The van der Waals surface area contributed by atoms with Gasteiger partial charge < -0.3 is 15.0 Å². The molecular weight excluding hydrogens is 392 g/mol. The van der Waals surface area contributed by atoms with E-state index in [-0.39, 0.29) is 22.4 Å². The molecule has 10 nitrogen and oxygen atoms in total. The number of rotatable bonds is 4. The average molecular weight is 410 g/mol. The number of nitro benzene ring substituents is 1. The van der Waals surface area contributed by atoms with E-state index >= 15 is 0 Å². The first-order chi connectivity index (χ1) is 14.4. The largest absolute Gasteiger partial charge is 0.378 e. The van der Waals surface area contributed by atoms with Crippen LogP contribution in [0.15, 0.2) is 36.4 Å². The van der Waals surface area contributed by atoms with Gasteiger partial charge in [-0.1, -0.05) is 0 Å². The van der Waals surface area contributed by atoms with Gasteiger partial charge in [-0.25, -0.2) is 0 Å². The summed E-state index contributed by atoms with van der Waals surface area (Å²) in [5.74, 6) is -1.41. The third-order valence-corrected chi connectivity index (χ3v) is 5.13. The Bertz CT molecular complexity index is 1080. The van der Waals surface area contributed by atoms with Crippen molar-refractivity contribution in [3.8, 4) is 0 Å². The van der Waals surface area contributed by atoms with E-state index in [4.69, 9.17) is 4.74 Å². The molecule has 0 atom stereocenters. The summed E-state index contributed by atoms with van der Waals surface area (Å²) >= 11 is 0. The van der Waals surface area contributed by atoms with E-state index in [9.17, 15) is 24.5 Å². The van der Waals surface area contributed by atoms with Crippen molar-refractivity contribution in [2.45, 2.75) is 0 Å². The monoisotopic (exact) mass is 410 g/mol. The summed E-state index contributed by atoms with van der Waals surface area (Å²) < 4.78 is 5.28. The number of nitro groups is 1. The number of ether oxygens (including phenoxy) is 1. The molecule has 0 saturated carbocycles. The SMILES string of the molecule is CN1C(=O)c2ccc(NC(=O)c3ccc(N4CCOCC4)c([N+](=O)[O-])c3)cc2C1=O. The highest BCUT2D eigenvalue weighted by atomic mass is 16.6. The van der Waals surface area contributed by atoms with Gasteiger partial charge in [-0.2, -0.15) is 0 Å². The number of benzene rings is 2. The van der Waals surface area contributed by atoms with E-state index in [1.165, 1.54) is 37.4 Å². The van der Waals surface area contributed by atoms with Crippen LogP contribution in [0.2, 0.25) is 0 Å². The number of amides is 3. The van der Waals surface area contributed by atoms with E-state index < -0.39 is 22.6 Å². The second kappa shape index (κ2) is 7.56. The molecule has 0 spiro atoms. The van der Waals surface area contributed by atoms with Gasteiger partial charge in [0.05, 0.1) is 29.3 Å². The molecule has 30 heavy (non-hydrogen) atoms. The Balaban J connectivity index is 1.58. The summed E-state index contributed by atoms with van der Waals surface area (Å²) in [7, 11) is 1.39. The smallest absolute Gasteiger partial charge is 0.293 e. The Morgan fingerprint density at radius 2 is 1.77 bits per heavy atom. The van der Waals surface area contributed by atoms with Gasteiger partial charge >= 0.3 is 0 Å². The Labute approximate surface area is 171 Å². The van der Waals surface area contributed by atoms with E-state index in [0.29, 0.717) is 37.7 Å². The number of imide groups is 1. The summed E-state index contributed by atoms with van der Waals surface area (Å²) in [4.78, 5) is 50.7. The van der Waals surface area contributed by atoms with Crippen molar-refractivity contribution in [2.24, 2.45) is 0 Å². The third kappa shape index (κ3) is 3.37. The molecule has 2 aromatic rings. The average Bonchev–Trinajstić information content (AvgIpc) is 2.97. The van der Waals surface area contributed by atoms with Crippen LogP contribution in [0.1, 0.15) is 31.1 Å². The van der Waals surface area contributed by atoms with Crippen molar-refractivity contribution in [3.05, 3.63) is 63.2 Å². The molecule has 2 aliphatic rings. The quantitative estimate of drug-likeness (QED) is 0.464. The Morgan fingerprint density at radius 1 is 1.07 bits per heavy atom. The zero-order valence-corrected chi connectivity index (χ0v) is 16.1. The van der Waals surface area contributed by atoms with Gasteiger partial charge in [-0.05, 0) is 30.3 Å². The van der Waals surface area contributed by atoms with E-state index in [1.54, 1.807) is 6.07 Å². The summed E-state index contributed by atoms with van der Waals surface area (Å²) in [6.45, 7) is 2.02. The Morgan fingerprint density at radius 3 is 2.47 bits per heavy atom. The number of nitrogens with one attached hydrogen (secondary N) is 1. The number of morpholine rings is 1. The Kier molecular flexibility index (Phi) is 4.92. The van der Waals surface area contributed by atoms with Crippen molar-refractivity contribution < 1.29 is 24.0 Å². The maximum atomic E-state index is 12.7. The highest BCUT2D eigenvalue weighted by Gasteiger charge is 2.33. The van der Waals surface area contributed by atoms with Crippen LogP contribution in [-0.4, -0.2) is 60.9 Å². The lowest BCUT2D eigenvalue weighted by Crippen LogP contribution is -2.36. The molecule has 0 radical (unpaired) electrons. The molecule has 4 rings (SSSR count). The first-order valence-corrected chi connectivity index (χ1v) is 9.26. The van der Waals surface area contributed by atoms with Crippen molar-refractivity contribution in [2.75, 3.05) is 43.6 Å². The van der Waals surface area contributed by atoms with Crippen LogP contribution in [0, 0.1) is 10.1 Å². The van der Waals surface area contributed by atoms with Crippen LogP contribution in [0.3, 0.4) is 0 Å². The molecule has 1 saturated heterocycles. The van der Waals surface area contributed by atoms with Gasteiger partial charge in [-0.15, -0.1) is 0 Å². The summed E-state index contributed by atoms with van der Waals surface area (Å²) in [6, 6.07) is 8.71. The van der Waals surface area contributed by atoms with E-state index in [1.807, 2.05) is 4.90 Å². The van der Waals surface area contributed by atoms with Gasteiger partial charge in [0.25, 0.3) is 23.4 Å². The predicted molar refractivity (Wildman–Crippen MR) is 107 cm³/mol. The third-order valence-electron chi connectivity index (χ3n) is 5.13.